The first-order valence-electron chi connectivity index (χ1n) is 8.00. The molecule has 0 aliphatic carbocycles. The number of rotatable bonds is 5. The molecule has 0 amide bonds. The van der Waals surface area contributed by atoms with Gasteiger partial charge < -0.3 is 9.84 Å². The van der Waals surface area contributed by atoms with Gasteiger partial charge in [0, 0.05) is 0 Å². The van der Waals surface area contributed by atoms with E-state index in [2.05, 4.69) is 21.0 Å². The van der Waals surface area contributed by atoms with Crippen molar-refractivity contribution in [3.8, 4) is 17.2 Å². The van der Waals surface area contributed by atoms with Gasteiger partial charge >= 0.3 is 0 Å². The van der Waals surface area contributed by atoms with E-state index in [-0.39, 0.29) is 17.3 Å². The number of phenols is 1. The summed E-state index contributed by atoms with van der Waals surface area (Å²) in [6, 6.07) is 9.18. The van der Waals surface area contributed by atoms with Gasteiger partial charge in [-0.05, 0) is 70.9 Å². The van der Waals surface area contributed by atoms with Crippen LogP contribution >= 0.6 is 15.9 Å². The van der Waals surface area contributed by atoms with Crippen molar-refractivity contribution in [3.05, 3.63) is 75.8 Å². The number of carbonyl (C=O) groups is 1. The van der Waals surface area contributed by atoms with Crippen molar-refractivity contribution >= 4 is 27.8 Å². The Hall–Kier alpha value is -2.93. The van der Waals surface area contributed by atoms with Gasteiger partial charge in [-0.1, -0.05) is 6.08 Å². The lowest BCUT2D eigenvalue weighted by atomic mass is 10.1. The number of nitrogens with zero attached hydrogens (tertiary/aromatic N) is 2. The first-order valence-corrected chi connectivity index (χ1v) is 8.79. The van der Waals surface area contributed by atoms with Gasteiger partial charge in [0.15, 0.2) is 17.3 Å². The zero-order chi connectivity index (χ0) is 19.6. The maximum Gasteiger partial charge on any atom is 0.189 e. The normalized spacial score (nSPS) is 11.1. The molecule has 1 heterocycles. The minimum absolute atomic E-state index is 0.00241. The molecule has 7 heteroatoms. The van der Waals surface area contributed by atoms with E-state index < -0.39 is 0 Å². The maximum absolute atomic E-state index is 13.1. The summed E-state index contributed by atoms with van der Waals surface area (Å²) in [6.07, 6.45) is 4.54. The molecule has 3 aromatic rings. The standard InChI is InChI=1S/C20H16BrFN2O3/c1-12-16(11-23-24(12)15-6-4-14(22)5-7-15)18(25)8-3-13-9-17(21)20(26)19(10-13)27-2/h3-11,26H,1-2H3. The molecule has 3 rings (SSSR count). The second kappa shape index (κ2) is 7.75. The number of ketones is 1. The number of ether oxygens (including phenoxy) is 1. The molecule has 1 aromatic heterocycles. The molecule has 0 radical (unpaired) electrons. The Bertz CT molecular complexity index is 1030. The van der Waals surface area contributed by atoms with Crippen molar-refractivity contribution < 1.29 is 19.0 Å². The van der Waals surface area contributed by atoms with Crippen LogP contribution in [-0.4, -0.2) is 27.8 Å². The van der Waals surface area contributed by atoms with Crippen LogP contribution < -0.4 is 4.74 Å². The van der Waals surface area contributed by atoms with Crippen molar-refractivity contribution in [3.63, 3.8) is 0 Å². The second-order valence-electron chi connectivity index (χ2n) is 5.78. The number of methoxy groups -OCH3 is 1. The molecule has 0 fully saturated rings. The average Bonchev–Trinajstić information content (AvgIpc) is 3.04. The van der Waals surface area contributed by atoms with Crippen molar-refractivity contribution in [1.29, 1.82) is 0 Å². The number of hydrogen-bond donors (Lipinski definition) is 1. The maximum atomic E-state index is 13.1. The number of benzene rings is 2. The van der Waals surface area contributed by atoms with Crippen molar-refractivity contribution in [2.75, 3.05) is 7.11 Å². The van der Waals surface area contributed by atoms with E-state index in [0.717, 1.165) is 0 Å². The van der Waals surface area contributed by atoms with E-state index in [1.807, 2.05) is 0 Å². The Balaban J connectivity index is 1.86. The summed E-state index contributed by atoms with van der Waals surface area (Å²) in [6.45, 7) is 1.78. The molecule has 0 aliphatic heterocycles. The monoisotopic (exact) mass is 430 g/mol. The zero-order valence-electron chi connectivity index (χ0n) is 14.6. The fourth-order valence-electron chi connectivity index (χ4n) is 2.60. The van der Waals surface area contributed by atoms with Gasteiger partial charge in [-0.2, -0.15) is 5.10 Å². The third-order valence-corrected chi connectivity index (χ3v) is 4.65. The average molecular weight is 431 g/mol. The van der Waals surface area contributed by atoms with Gasteiger partial charge in [0.25, 0.3) is 0 Å². The Morgan fingerprint density at radius 1 is 1.30 bits per heavy atom. The van der Waals surface area contributed by atoms with E-state index in [1.54, 1.807) is 41.9 Å². The summed E-state index contributed by atoms with van der Waals surface area (Å²) in [5.41, 5.74) is 2.46. The topological polar surface area (TPSA) is 64.3 Å². The van der Waals surface area contributed by atoms with Gasteiger partial charge in [-0.25, -0.2) is 9.07 Å². The molecular formula is C20H16BrFN2O3. The number of halogens is 2. The first-order chi connectivity index (χ1) is 12.9. The number of hydrogen-bond acceptors (Lipinski definition) is 4. The summed E-state index contributed by atoms with van der Waals surface area (Å²) >= 11 is 3.25. The molecule has 5 nitrogen and oxygen atoms in total. The van der Waals surface area contributed by atoms with Crippen LogP contribution in [0.3, 0.4) is 0 Å². The summed E-state index contributed by atoms with van der Waals surface area (Å²) < 4.78 is 20.2. The molecule has 0 unspecified atom stereocenters. The first kappa shape index (κ1) is 18.8. The predicted octanol–water partition coefficient (Wildman–Crippen LogP) is 4.69. The van der Waals surface area contributed by atoms with E-state index in [4.69, 9.17) is 4.74 Å². The lowest BCUT2D eigenvalue weighted by molar-refractivity contribution is 0.104. The number of allylic oxidation sites excluding steroid dienone is 1. The minimum Gasteiger partial charge on any atom is -0.503 e. The van der Waals surface area contributed by atoms with Crippen LogP contribution in [0.4, 0.5) is 4.39 Å². The Kier molecular flexibility index (Phi) is 5.41. The largest absolute Gasteiger partial charge is 0.503 e. The third-order valence-electron chi connectivity index (χ3n) is 4.04. The van der Waals surface area contributed by atoms with Crippen LogP contribution in [0.25, 0.3) is 11.8 Å². The number of phenolic OH excluding ortho intramolecular Hbond substituents is 1. The highest BCUT2D eigenvalue weighted by Crippen LogP contribution is 2.35. The molecule has 0 saturated carbocycles. The van der Waals surface area contributed by atoms with Gasteiger partial charge in [0.2, 0.25) is 0 Å². The molecule has 0 spiro atoms. The van der Waals surface area contributed by atoms with Crippen molar-refractivity contribution in [2.24, 2.45) is 0 Å². The summed E-state index contributed by atoms with van der Waals surface area (Å²) in [7, 11) is 1.45. The molecule has 138 valence electrons. The molecule has 0 atom stereocenters. The highest BCUT2D eigenvalue weighted by Gasteiger charge is 2.13. The van der Waals surface area contributed by atoms with E-state index in [0.29, 0.717) is 32.7 Å². The molecule has 1 N–H and O–H groups in total. The van der Waals surface area contributed by atoms with Crippen molar-refractivity contribution in [1.82, 2.24) is 9.78 Å². The minimum atomic E-state index is -0.335. The van der Waals surface area contributed by atoms with E-state index in [1.165, 1.54) is 31.5 Å². The third kappa shape index (κ3) is 3.93. The Morgan fingerprint density at radius 3 is 2.67 bits per heavy atom. The molecule has 2 aromatic carbocycles. The van der Waals surface area contributed by atoms with Gasteiger partial charge in [-0.3, -0.25) is 4.79 Å². The van der Waals surface area contributed by atoms with Crippen LogP contribution in [0, 0.1) is 12.7 Å². The molecule has 0 bridgehead atoms. The summed E-state index contributed by atoms with van der Waals surface area (Å²) in [5.74, 6) is -0.253. The fraction of sp³-hybridized carbons (Fsp3) is 0.100. The zero-order valence-corrected chi connectivity index (χ0v) is 16.2. The molecule has 0 saturated heterocycles. The van der Waals surface area contributed by atoms with Gasteiger partial charge in [-0.15, -0.1) is 0 Å². The number of carbonyl (C=O) groups excluding carboxylic acids is 1. The van der Waals surface area contributed by atoms with Gasteiger partial charge in [0.1, 0.15) is 5.82 Å². The van der Waals surface area contributed by atoms with E-state index in [9.17, 15) is 14.3 Å². The molecule has 27 heavy (non-hydrogen) atoms. The second-order valence-corrected chi connectivity index (χ2v) is 6.64. The Labute approximate surface area is 163 Å². The highest BCUT2D eigenvalue weighted by atomic mass is 79.9. The summed E-state index contributed by atoms with van der Waals surface area (Å²) in [4.78, 5) is 12.6. The smallest absolute Gasteiger partial charge is 0.189 e. The Morgan fingerprint density at radius 2 is 2.00 bits per heavy atom. The molecule has 0 aliphatic rings. The number of aromatic hydroxyl groups is 1. The van der Waals surface area contributed by atoms with Crippen LogP contribution in [0.1, 0.15) is 21.6 Å². The van der Waals surface area contributed by atoms with Crippen LogP contribution in [-0.2, 0) is 0 Å². The van der Waals surface area contributed by atoms with Gasteiger partial charge in [0.05, 0.1) is 34.7 Å². The highest BCUT2D eigenvalue weighted by molar-refractivity contribution is 9.10. The SMILES string of the molecule is COc1cc(C=CC(=O)c2cnn(-c3ccc(F)cc3)c2C)cc(Br)c1O. The van der Waals surface area contributed by atoms with E-state index >= 15 is 0 Å². The fourth-order valence-corrected chi connectivity index (χ4v) is 3.06. The van der Waals surface area contributed by atoms with Crippen LogP contribution in [0.15, 0.2) is 53.1 Å². The predicted molar refractivity (Wildman–Crippen MR) is 104 cm³/mol. The van der Waals surface area contributed by atoms with Crippen molar-refractivity contribution in [2.45, 2.75) is 6.92 Å². The quantitative estimate of drug-likeness (QED) is 0.470. The summed E-state index contributed by atoms with van der Waals surface area (Å²) in [5, 5.41) is 14.1. The lowest BCUT2D eigenvalue weighted by Gasteiger charge is -2.06. The van der Waals surface area contributed by atoms with Crippen LogP contribution in [0.5, 0.6) is 11.5 Å². The molecular weight excluding hydrogens is 415 g/mol. The van der Waals surface area contributed by atoms with Crippen LogP contribution in [0.2, 0.25) is 0 Å². The number of aromatic nitrogens is 2. The lowest BCUT2D eigenvalue weighted by Crippen LogP contribution is -2.01.